The summed E-state index contributed by atoms with van der Waals surface area (Å²) < 4.78 is 1.07. The topological polar surface area (TPSA) is 55.1 Å². The molecule has 0 spiro atoms. The van der Waals surface area contributed by atoms with Gasteiger partial charge in [0.15, 0.2) is 0 Å². The van der Waals surface area contributed by atoms with Crippen molar-refractivity contribution in [3.05, 3.63) is 27.7 Å². The number of amides is 1. The molecule has 0 atom stereocenters. The molecule has 4 heteroatoms. The maximum absolute atomic E-state index is 11.0. The number of carbonyl (C=O) groups excluding carboxylic acids is 1. The average molecular weight is 257 g/mol. The molecule has 76 valence electrons. The average Bonchev–Trinajstić information content (AvgIpc) is 2.14. The van der Waals surface area contributed by atoms with E-state index in [-0.39, 0.29) is 12.5 Å². The minimum Gasteiger partial charge on any atom is -0.325 e. The first-order chi connectivity index (χ1) is 6.54. The van der Waals surface area contributed by atoms with Gasteiger partial charge in [-0.15, -0.1) is 0 Å². The summed E-state index contributed by atoms with van der Waals surface area (Å²) in [5, 5.41) is 2.72. The monoisotopic (exact) mass is 256 g/mol. The lowest BCUT2D eigenvalue weighted by Crippen LogP contribution is -2.21. The number of nitrogens with one attached hydrogen (secondary N) is 1. The number of nitrogens with two attached hydrogens (primary N) is 1. The van der Waals surface area contributed by atoms with E-state index in [1.807, 2.05) is 26.0 Å². The van der Waals surface area contributed by atoms with Crippen molar-refractivity contribution in [1.29, 1.82) is 0 Å². The summed E-state index contributed by atoms with van der Waals surface area (Å²) in [7, 11) is 0. The maximum atomic E-state index is 11.0. The van der Waals surface area contributed by atoms with Crippen LogP contribution in [0.4, 0.5) is 5.69 Å². The van der Waals surface area contributed by atoms with Crippen molar-refractivity contribution in [2.75, 3.05) is 11.9 Å². The Balaban J connectivity index is 2.95. The Hall–Kier alpha value is -0.870. The van der Waals surface area contributed by atoms with Crippen LogP contribution in [0.25, 0.3) is 0 Å². The van der Waals surface area contributed by atoms with Gasteiger partial charge < -0.3 is 11.1 Å². The lowest BCUT2D eigenvalue weighted by atomic mass is 10.1. The van der Waals surface area contributed by atoms with Crippen LogP contribution in [0, 0.1) is 13.8 Å². The smallest absolute Gasteiger partial charge is 0.238 e. The lowest BCUT2D eigenvalue weighted by Gasteiger charge is -2.08. The molecule has 1 aromatic rings. The van der Waals surface area contributed by atoms with E-state index in [4.69, 9.17) is 5.73 Å². The summed E-state index contributed by atoms with van der Waals surface area (Å²) in [6.45, 7) is 3.97. The summed E-state index contributed by atoms with van der Waals surface area (Å²) in [4.78, 5) is 11.0. The van der Waals surface area contributed by atoms with Crippen LogP contribution in [0.5, 0.6) is 0 Å². The molecule has 3 nitrogen and oxygen atoms in total. The number of hydrogen-bond acceptors (Lipinski definition) is 2. The minimum absolute atomic E-state index is 0.00809. The molecule has 0 unspecified atom stereocenters. The van der Waals surface area contributed by atoms with E-state index in [0.717, 1.165) is 21.3 Å². The Labute approximate surface area is 91.8 Å². The molecule has 0 aliphatic rings. The van der Waals surface area contributed by atoms with Crippen LogP contribution in [-0.2, 0) is 4.79 Å². The van der Waals surface area contributed by atoms with E-state index < -0.39 is 0 Å². The number of halogens is 1. The minimum atomic E-state index is -0.175. The van der Waals surface area contributed by atoms with Gasteiger partial charge in [-0.05, 0) is 37.1 Å². The Morgan fingerprint density at radius 2 is 1.93 bits per heavy atom. The van der Waals surface area contributed by atoms with Crippen LogP contribution in [0.3, 0.4) is 0 Å². The highest BCUT2D eigenvalue weighted by atomic mass is 79.9. The summed E-state index contributed by atoms with van der Waals surface area (Å²) in [5.74, 6) is -0.175. The second kappa shape index (κ2) is 4.57. The van der Waals surface area contributed by atoms with Gasteiger partial charge in [0.2, 0.25) is 5.91 Å². The molecule has 0 bridgehead atoms. The molecule has 1 amide bonds. The van der Waals surface area contributed by atoms with Crippen molar-refractivity contribution >= 4 is 27.5 Å². The van der Waals surface area contributed by atoms with E-state index in [0.29, 0.717) is 0 Å². The SMILES string of the molecule is Cc1cc(NC(=O)CN)cc(C)c1Br. The quantitative estimate of drug-likeness (QED) is 0.850. The third-order valence-corrected chi connectivity index (χ3v) is 3.16. The number of carbonyl (C=O) groups is 1. The molecule has 1 rings (SSSR count). The Morgan fingerprint density at radius 1 is 1.43 bits per heavy atom. The molecule has 3 N–H and O–H groups in total. The second-order valence-electron chi connectivity index (χ2n) is 3.18. The first-order valence-corrected chi connectivity index (χ1v) is 5.10. The number of anilines is 1. The van der Waals surface area contributed by atoms with Crippen LogP contribution < -0.4 is 11.1 Å². The first kappa shape index (κ1) is 11.2. The van der Waals surface area contributed by atoms with Gasteiger partial charge in [0.1, 0.15) is 0 Å². The second-order valence-corrected chi connectivity index (χ2v) is 3.97. The summed E-state index contributed by atoms with van der Waals surface area (Å²) >= 11 is 3.46. The van der Waals surface area contributed by atoms with Gasteiger partial charge in [0.05, 0.1) is 6.54 Å². The number of hydrogen-bond donors (Lipinski definition) is 2. The van der Waals surface area contributed by atoms with Crippen LogP contribution in [0.2, 0.25) is 0 Å². The summed E-state index contributed by atoms with van der Waals surface area (Å²) in [6.07, 6.45) is 0. The molecule has 1 aromatic carbocycles. The zero-order valence-corrected chi connectivity index (χ0v) is 9.81. The highest BCUT2D eigenvalue weighted by Crippen LogP contribution is 2.24. The molecule has 0 radical (unpaired) electrons. The Bertz CT molecular complexity index is 340. The van der Waals surface area contributed by atoms with Crippen LogP contribution in [-0.4, -0.2) is 12.5 Å². The molecule has 0 saturated carbocycles. The van der Waals surface area contributed by atoms with Gasteiger partial charge in [-0.2, -0.15) is 0 Å². The third-order valence-electron chi connectivity index (χ3n) is 1.91. The number of benzene rings is 1. The number of aryl methyl sites for hydroxylation is 2. The first-order valence-electron chi connectivity index (χ1n) is 4.31. The van der Waals surface area contributed by atoms with Crippen molar-refractivity contribution in [3.63, 3.8) is 0 Å². The van der Waals surface area contributed by atoms with Gasteiger partial charge in [-0.25, -0.2) is 0 Å². The van der Waals surface area contributed by atoms with Crippen molar-refractivity contribution in [3.8, 4) is 0 Å². The Kier molecular flexibility index (Phi) is 3.66. The van der Waals surface area contributed by atoms with Crippen molar-refractivity contribution in [1.82, 2.24) is 0 Å². The third kappa shape index (κ3) is 2.56. The van der Waals surface area contributed by atoms with Crippen molar-refractivity contribution in [2.45, 2.75) is 13.8 Å². The predicted molar refractivity (Wildman–Crippen MR) is 61.3 cm³/mol. The summed E-state index contributed by atoms with van der Waals surface area (Å²) in [5.41, 5.74) is 8.18. The molecule has 0 fully saturated rings. The van der Waals surface area contributed by atoms with Gasteiger partial charge in [-0.1, -0.05) is 15.9 Å². The van der Waals surface area contributed by atoms with Crippen molar-refractivity contribution in [2.24, 2.45) is 5.73 Å². The van der Waals surface area contributed by atoms with Crippen LogP contribution in [0.1, 0.15) is 11.1 Å². The fraction of sp³-hybridized carbons (Fsp3) is 0.300. The van der Waals surface area contributed by atoms with E-state index in [1.54, 1.807) is 0 Å². The zero-order chi connectivity index (χ0) is 10.7. The summed E-state index contributed by atoms with van der Waals surface area (Å²) in [6, 6.07) is 3.81. The lowest BCUT2D eigenvalue weighted by molar-refractivity contribution is -0.114. The van der Waals surface area contributed by atoms with Crippen LogP contribution >= 0.6 is 15.9 Å². The molecule has 14 heavy (non-hydrogen) atoms. The fourth-order valence-electron chi connectivity index (χ4n) is 1.23. The largest absolute Gasteiger partial charge is 0.325 e. The van der Waals surface area contributed by atoms with E-state index >= 15 is 0 Å². The van der Waals surface area contributed by atoms with E-state index in [2.05, 4.69) is 21.2 Å². The van der Waals surface area contributed by atoms with Gasteiger partial charge in [0, 0.05) is 10.2 Å². The fourth-order valence-corrected chi connectivity index (χ4v) is 1.46. The highest BCUT2D eigenvalue weighted by molar-refractivity contribution is 9.10. The van der Waals surface area contributed by atoms with Gasteiger partial charge in [0.25, 0.3) is 0 Å². The molecule has 0 heterocycles. The van der Waals surface area contributed by atoms with Gasteiger partial charge in [-0.3, -0.25) is 4.79 Å². The molecular formula is C10H13BrN2O. The Morgan fingerprint density at radius 3 is 2.36 bits per heavy atom. The number of rotatable bonds is 2. The van der Waals surface area contributed by atoms with Crippen molar-refractivity contribution < 1.29 is 4.79 Å². The normalized spacial score (nSPS) is 10.0. The molecule has 0 aliphatic heterocycles. The molecular weight excluding hydrogens is 244 g/mol. The van der Waals surface area contributed by atoms with Crippen LogP contribution in [0.15, 0.2) is 16.6 Å². The zero-order valence-electron chi connectivity index (χ0n) is 8.23. The predicted octanol–water partition coefficient (Wildman–Crippen LogP) is 1.96. The molecule has 0 aromatic heterocycles. The molecule has 0 aliphatic carbocycles. The standard InChI is InChI=1S/C10H13BrN2O/c1-6-3-8(13-9(14)5-12)4-7(2)10(6)11/h3-4H,5,12H2,1-2H3,(H,13,14). The highest BCUT2D eigenvalue weighted by Gasteiger charge is 2.04. The molecule has 0 saturated heterocycles. The maximum Gasteiger partial charge on any atom is 0.238 e. The van der Waals surface area contributed by atoms with E-state index in [9.17, 15) is 4.79 Å². The van der Waals surface area contributed by atoms with E-state index in [1.165, 1.54) is 0 Å². The van der Waals surface area contributed by atoms with Gasteiger partial charge >= 0.3 is 0 Å².